The SMILES string of the molecule is O=C(c1ccc2ccc(Cl)cc2n1)N1CCCC[C@H]1CCO. The summed E-state index contributed by atoms with van der Waals surface area (Å²) in [5.74, 6) is -0.0555. The number of pyridine rings is 1. The van der Waals surface area contributed by atoms with E-state index in [2.05, 4.69) is 4.98 Å². The zero-order valence-corrected chi connectivity index (χ0v) is 13.1. The van der Waals surface area contributed by atoms with Gasteiger partial charge in [-0.3, -0.25) is 4.79 Å². The van der Waals surface area contributed by atoms with Crippen molar-refractivity contribution in [3.8, 4) is 0 Å². The van der Waals surface area contributed by atoms with Crippen LogP contribution in [0.1, 0.15) is 36.2 Å². The monoisotopic (exact) mass is 318 g/mol. The minimum atomic E-state index is -0.0555. The van der Waals surface area contributed by atoms with Crippen LogP contribution in [0.15, 0.2) is 30.3 Å². The molecule has 0 bridgehead atoms. The van der Waals surface area contributed by atoms with Gasteiger partial charge in [0.25, 0.3) is 5.91 Å². The Morgan fingerprint density at radius 1 is 1.32 bits per heavy atom. The molecule has 1 N–H and O–H groups in total. The maximum atomic E-state index is 12.8. The first-order chi connectivity index (χ1) is 10.7. The maximum Gasteiger partial charge on any atom is 0.272 e. The van der Waals surface area contributed by atoms with Gasteiger partial charge in [-0.05, 0) is 43.9 Å². The van der Waals surface area contributed by atoms with Gasteiger partial charge in [0.2, 0.25) is 0 Å². The van der Waals surface area contributed by atoms with Crippen molar-refractivity contribution < 1.29 is 9.90 Å². The van der Waals surface area contributed by atoms with E-state index in [1.807, 2.05) is 23.1 Å². The molecule has 1 aromatic heterocycles. The quantitative estimate of drug-likeness (QED) is 0.945. The van der Waals surface area contributed by atoms with Gasteiger partial charge < -0.3 is 10.0 Å². The Hall–Kier alpha value is -1.65. The smallest absolute Gasteiger partial charge is 0.272 e. The number of carbonyl (C=O) groups is 1. The molecular weight excluding hydrogens is 300 g/mol. The third kappa shape index (κ3) is 3.08. The summed E-state index contributed by atoms with van der Waals surface area (Å²) in [6.45, 7) is 0.841. The molecule has 0 radical (unpaired) electrons. The van der Waals surface area contributed by atoms with Crippen molar-refractivity contribution in [2.45, 2.75) is 31.7 Å². The van der Waals surface area contributed by atoms with E-state index in [0.29, 0.717) is 17.1 Å². The molecule has 5 heteroatoms. The highest BCUT2D eigenvalue weighted by molar-refractivity contribution is 6.31. The molecule has 1 amide bonds. The maximum absolute atomic E-state index is 12.8. The van der Waals surface area contributed by atoms with Crippen LogP contribution in [0.25, 0.3) is 10.9 Å². The third-order valence-corrected chi connectivity index (χ3v) is 4.46. The predicted molar refractivity (Wildman–Crippen MR) is 87.1 cm³/mol. The summed E-state index contributed by atoms with van der Waals surface area (Å²) in [5.41, 5.74) is 1.17. The van der Waals surface area contributed by atoms with E-state index in [4.69, 9.17) is 11.6 Å². The van der Waals surface area contributed by atoms with E-state index in [-0.39, 0.29) is 18.6 Å². The van der Waals surface area contributed by atoms with Gasteiger partial charge >= 0.3 is 0 Å². The lowest BCUT2D eigenvalue weighted by Gasteiger charge is -2.35. The number of fused-ring (bicyclic) bond motifs is 1. The van der Waals surface area contributed by atoms with Crippen molar-refractivity contribution in [3.63, 3.8) is 0 Å². The number of hydrogen-bond donors (Lipinski definition) is 1. The van der Waals surface area contributed by atoms with Crippen molar-refractivity contribution in [2.24, 2.45) is 0 Å². The molecule has 116 valence electrons. The van der Waals surface area contributed by atoms with Crippen LogP contribution in [0.3, 0.4) is 0 Å². The van der Waals surface area contributed by atoms with Gasteiger partial charge in [0.15, 0.2) is 0 Å². The Kier molecular flexibility index (Phi) is 4.60. The summed E-state index contributed by atoms with van der Waals surface area (Å²) in [5, 5.41) is 10.8. The van der Waals surface area contributed by atoms with Gasteiger partial charge in [-0.25, -0.2) is 4.98 Å². The fourth-order valence-corrected chi connectivity index (χ4v) is 3.24. The lowest BCUT2D eigenvalue weighted by molar-refractivity contribution is 0.0569. The van der Waals surface area contributed by atoms with Crippen LogP contribution >= 0.6 is 11.6 Å². The molecule has 1 aliphatic heterocycles. The Bertz CT molecular complexity index is 687. The molecule has 0 aliphatic carbocycles. The van der Waals surface area contributed by atoms with Crippen LogP contribution in [0.5, 0.6) is 0 Å². The average molecular weight is 319 g/mol. The normalized spacial score (nSPS) is 18.6. The van der Waals surface area contributed by atoms with Crippen molar-refractivity contribution >= 4 is 28.4 Å². The van der Waals surface area contributed by atoms with Crippen molar-refractivity contribution in [1.82, 2.24) is 9.88 Å². The summed E-state index contributed by atoms with van der Waals surface area (Å²) in [6.07, 6.45) is 3.69. The lowest BCUT2D eigenvalue weighted by atomic mass is 9.99. The van der Waals surface area contributed by atoms with Gasteiger partial charge in [-0.15, -0.1) is 0 Å². The minimum Gasteiger partial charge on any atom is -0.396 e. The fourth-order valence-electron chi connectivity index (χ4n) is 3.07. The van der Waals surface area contributed by atoms with Crippen LogP contribution in [0, 0.1) is 0 Å². The summed E-state index contributed by atoms with van der Waals surface area (Å²) in [4.78, 5) is 19.1. The highest BCUT2D eigenvalue weighted by Crippen LogP contribution is 2.23. The Labute approximate surface area is 134 Å². The number of benzene rings is 1. The van der Waals surface area contributed by atoms with E-state index in [1.54, 1.807) is 12.1 Å². The largest absolute Gasteiger partial charge is 0.396 e. The van der Waals surface area contributed by atoms with Crippen LogP contribution in [-0.2, 0) is 0 Å². The first-order valence-electron chi connectivity index (χ1n) is 7.67. The summed E-state index contributed by atoms with van der Waals surface area (Å²) in [7, 11) is 0. The van der Waals surface area contributed by atoms with Gasteiger partial charge in [0.05, 0.1) is 5.52 Å². The second-order valence-electron chi connectivity index (χ2n) is 5.69. The number of aliphatic hydroxyl groups excluding tert-OH is 1. The minimum absolute atomic E-state index is 0.0555. The number of carbonyl (C=O) groups excluding carboxylic acids is 1. The standard InChI is InChI=1S/C17H19ClN2O2/c18-13-6-4-12-5-7-15(19-16(12)11-13)17(22)20-9-2-1-3-14(20)8-10-21/h4-7,11,14,21H,1-3,8-10H2/t14-/m0/s1. The van der Waals surface area contributed by atoms with Gasteiger partial charge in [0, 0.05) is 29.6 Å². The molecule has 22 heavy (non-hydrogen) atoms. The topological polar surface area (TPSA) is 53.4 Å². The molecule has 0 saturated carbocycles. The fraction of sp³-hybridized carbons (Fsp3) is 0.412. The molecular formula is C17H19ClN2O2. The van der Waals surface area contributed by atoms with Crippen molar-refractivity contribution in [2.75, 3.05) is 13.2 Å². The van der Waals surface area contributed by atoms with Gasteiger partial charge in [-0.2, -0.15) is 0 Å². The number of likely N-dealkylation sites (tertiary alicyclic amines) is 1. The predicted octanol–water partition coefficient (Wildman–Crippen LogP) is 3.27. The Morgan fingerprint density at radius 3 is 2.95 bits per heavy atom. The zero-order valence-electron chi connectivity index (χ0n) is 12.3. The molecule has 2 heterocycles. The third-order valence-electron chi connectivity index (χ3n) is 4.22. The molecule has 3 rings (SSSR count). The number of aromatic nitrogens is 1. The number of halogens is 1. The Balaban J connectivity index is 1.90. The number of rotatable bonds is 3. The molecule has 0 unspecified atom stereocenters. The van der Waals surface area contributed by atoms with Crippen LogP contribution in [-0.4, -0.2) is 40.1 Å². The first kappa shape index (κ1) is 15.3. The van der Waals surface area contributed by atoms with Crippen molar-refractivity contribution in [3.05, 3.63) is 41.0 Å². The van der Waals surface area contributed by atoms with E-state index >= 15 is 0 Å². The van der Waals surface area contributed by atoms with E-state index < -0.39 is 0 Å². The van der Waals surface area contributed by atoms with Crippen LogP contribution < -0.4 is 0 Å². The highest BCUT2D eigenvalue weighted by atomic mass is 35.5. The van der Waals surface area contributed by atoms with Gasteiger partial charge in [0.1, 0.15) is 5.69 Å². The molecule has 1 saturated heterocycles. The lowest BCUT2D eigenvalue weighted by Crippen LogP contribution is -2.44. The Morgan fingerprint density at radius 2 is 2.14 bits per heavy atom. The number of amides is 1. The summed E-state index contributed by atoms with van der Waals surface area (Å²) < 4.78 is 0. The number of hydrogen-bond acceptors (Lipinski definition) is 3. The molecule has 0 spiro atoms. The van der Waals surface area contributed by atoms with Crippen LogP contribution in [0.2, 0.25) is 5.02 Å². The van der Waals surface area contributed by atoms with Crippen LogP contribution in [0.4, 0.5) is 0 Å². The van der Waals surface area contributed by atoms with Crippen molar-refractivity contribution in [1.29, 1.82) is 0 Å². The number of nitrogens with zero attached hydrogens (tertiary/aromatic N) is 2. The summed E-state index contributed by atoms with van der Waals surface area (Å²) >= 11 is 6.00. The summed E-state index contributed by atoms with van der Waals surface area (Å²) in [6, 6.07) is 9.27. The van der Waals surface area contributed by atoms with Gasteiger partial charge in [-0.1, -0.05) is 23.7 Å². The molecule has 1 fully saturated rings. The second kappa shape index (κ2) is 6.63. The molecule has 4 nitrogen and oxygen atoms in total. The first-order valence-corrected chi connectivity index (χ1v) is 8.05. The molecule has 2 aromatic rings. The molecule has 1 aliphatic rings. The number of piperidine rings is 1. The van der Waals surface area contributed by atoms with E-state index in [9.17, 15) is 9.90 Å². The molecule has 1 atom stereocenters. The second-order valence-corrected chi connectivity index (χ2v) is 6.13. The van der Waals surface area contributed by atoms with E-state index in [0.717, 1.165) is 36.7 Å². The zero-order chi connectivity index (χ0) is 15.5. The van der Waals surface area contributed by atoms with E-state index in [1.165, 1.54) is 0 Å². The number of aliphatic hydroxyl groups is 1. The average Bonchev–Trinajstić information content (AvgIpc) is 2.54. The highest BCUT2D eigenvalue weighted by Gasteiger charge is 2.27. The molecule has 1 aromatic carbocycles.